The number of pyridine rings is 1. The van der Waals surface area contributed by atoms with Crippen LogP contribution in [0.15, 0.2) is 60.2 Å². The molecular weight excluding hydrogens is 394 g/mol. The van der Waals surface area contributed by atoms with Crippen LogP contribution in [-0.4, -0.2) is 21.1 Å². The molecule has 0 saturated carbocycles. The number of aromatic amines is 1. The minimum atomic E-state index is -0.203. The van der Waals surface area contributed by atoms with Crippen molar-refractivity contribution < 1.29 is 4.79 Å². The van der Waals surface area contributed by atoms with E-state index in [4.69, 9.17) is 10.7 Å². The van der Waals surface area contributed by atoms with Gasteiger partial charge in [-0.05, 0) is 60.2 Å². The van der Waals surface area contributed by atoms with Gasteiger partial charge in [-0.1, -0.05) is 18.2 Å². The number of hydrogen-bond donors (Lipinski definition) is 3. The Bertz CT molecular complexity index is 1100. The first-order valence-electron chi connectivity index (χ1n) is 9.70. The van der Waals surface area contributed by atoms with Gasteiger partial charge in [-0.3, -0.25) is 9.89 Å². The van der Waals surface area contributed by atoms with Crippen LogP contribution in [0.1, 0.15) is 40.0 Å². The molecule has 30 heavy (non-hydrogen) atoms. The number of aromatic nitrogens is 3. The highest BCUT2D eigenvalue weighted by Gasteiger charge is 2.17. The summed E-state index contributed by atoms with van der Waals surface area (Å²) in [6, 6.07) is 13.6. The number of nitrogens with one attached hydrogen (secondary N) is 2. The highest BCUT2D eigenvalue weighted by Crippen LogP contribution is 2.29. The zero-order valence-electron chi connectivity index (χ0n) is 16.8. The third kappa shape index (κ3) is 4.17. The molecule has 0 aliphatic heterocycles. The van der Waals surface area contributed by atoms with E-state index < -0.39 is 0 Å². The summed E-state index contributed by atoms with van der Waals surface area (Å²) in [6.07, 6.45) is 3.56. The molecule has 4 aromatic rings. The van der Waals surface area contributed by atoms with Gasteiger partial charge in [0.05, 0.1) is 28.5 Å². The second-order valence-electron chi connectivity index (χ2n) is 7.18. The van der Waals surface area contributed by atoms with Crippen LogP contribution in [0.25, 0.3) is 21.8 Å². The Morgan fingerprint density at radius 3 is 2.77 bits per heavy atom. The summed E-state index contributed by atoms with van der Waals surface area (Å²) in [4.78, 5) is 18.8. The average molecular weight is 418 g/mol. The number of thiophene rings is 1. The fourth-order valence-electron chi connectivity index (χ4n) is 3.29. The molecular formula is C23H23N5OS. The molecule has 0 radical (unpaired) electrons. The van der Waals surface area contributed by atoms with E-state index in [-0.39, 0.29) is 11.9 Å². The Balaban J connectivity index is 1.66. The number of H-pyrrole nitrogens is 1. The summed E-state index contributed by atoms with van der Waals surface area (Å²) < 4.78 is 0. The quantitative estimate of drug-likeness (QED) is 0.431. The lowest BCUT2D eigenvalue weighted by Crippen LogP contribution is -2.27. The van der Waals surface area contributed by atoms with Crippen LogP contribution < -0.4 is 11.1 Å². The van der Waals surface area contributed by atoms with E-state index in [0.717, 1.165) is 38.5 Å². The third-order valence-electron chi connectivity index (χ3n) is 5.05. The summed E-state index contributed by atoms with van der Waals surface area (Å²) in [7, 11) is 0. The maximum absolute atomic E-state index is 13.0. The third-order valence-corrected chi connectivity index (χ3v) is 5.94. The second-order valence-corrected chi connectivity index (χ2v) is 8.13. The first-order valence-corrected chi connectivity index (χ1v) is 10.6. The van der Waals surface area contributed by atoms with Crippen LogP contribution >= 0.6 is 11.3 Å². The molecule has 0 fully saturated rings. The summed E-state index contributed by atoms with van der Waals surface area (Å²) in [6.45, 7) is 4.31. The Hall–Kier alpha value is -3.29. The minimum absolute atomic E-state index is 0.116. The lowest BCUT2D eigenvalue weighted by Gasteiger charge is -2.17. The monoisotopic (exact) mass is 417 g/mol. The molecule has 4 rings (SSSR count). The Labute approximate surface area is 179 Å². The molecule has 0 saturated heterocycles. The molecule has 1 atom stereocenters. The average Bonchev–Trinajstić information content (AvgIpc) is 3.48. The van der Waals surface area contributed by atoms with E-state index in [1.165, 1.54) is 0 Å². The van der Waals surface area contributed by atoms with Gasteiger partial charge in [0, 0.05) is 23.9 Å². The molecule has 1 aromatic carbocycles. The lowest BCUT2D eigenvalue weighted by atomic mass is 10.0. The summed E-state index contributed by atoms with van der Waals surface area (Å²) in [5.41, 5.74) is 11.8. The van der Waals surface area contributed by atoms with Crippen molar-refractivity contribution in [2.24, 2.45) is 5.73 Å². The van der Waals surface area contributed by atoms with Crippen molar-refractivity contribution >= 4 is 17.2 Å². The highest BCUT2D eigenvalue weighted by atomic mass is 32.1. The molecule has 7 heteroatoms. The van der Waals surface area contributed by atoms with Gasteiger partial charge in [-0.25, -0.2) is 4.98 Å². The molecule has 152 valence electrons. The predicted octanol–water partition coefficient (Wildman–Crippen LogP) is 4.46. The minimum Gasteiger partial charge on any atom is -0.346 e. The Morgan fingerprint density at radius 1 is 1.23 bits per heavy atom. The van der Waals surface area contributed by atoms with Crippen LogP contribution in [-0.2, 0) is 6.54 Å². The van der Waals surface area contributed by atoms with E-state index in [2.05, 4.69) is 15.5 Å². The molecule has 0 aliphatic carbocycles. The molecule has 4 N–H and O–H groups in total. The maximum Gasteiger partial charge on any atom is 0.252 e. The van der Waals surface area contributed by atoms with E-state index >= 15 is 0 Å². The SMILES string of the molecule is Cc1ccc(CN)cc1C(=O)NC(C)c1cc(-c2cn[nH]c2)nc(-c2cccs2)c1. The number of carbonyl (C=O) groups is 1. The standard InChI is InChI=1S/C23H23N5OS/c1-14-5-6-16(11-24)8-19(14)23(29)27-15(2)17-9-20(18-12-25-26-13-18)28-21(10-17)22-4-3-7-30-22/h3-10,12-13,15H,11,24H2,1-2H3,(H,25,26)(H,27,29). The van der Waals surface area contributed by atoms with Crippen LogP contribution in [0.5, 0.6) is 0 Å². The Kier molecular flexibility index (Phi) is 5.74. The van der Waals surface area contributed by atoms with Gasteiger partial charge < -0.3 is 11.1 Å². The number of aryl methyl sites for hydroxylation is 1. The van der Waals surface area contributed by atoms with Crippen molar-refractivity contribution in [3.8, 4) is 21.8 Å². The maximum atomic E-state index is 13.0. The molecule has 3 aromatic heterocycles. The second kappa shape index (κ2) is 8.61. The number of rotatable bonds is 6. The van der Waals surface area contributed by atoms with Gasteiger partial charge in [0.25, 0.3) is 5.91 Å². The lowest BCUT2D eigenvalue weighted by molar-refractivity contribution is 0.0939. The van der Waals surface area contributed by atoms with Crippen molar-refractivity contribution in [1.29, 1.82) is 0 Å². The highest BCUT2D eigenvalue weighted by molar-refractivity contribution is 7.13. The van der Waals surface area contributed by atoms with E-state index in [1.54, 1.807) is 17.5 Å². The zero-order chi connectivity index (χ0) is 21.1. The number of nitrogens with two attached hydrogens (primary N) is 1. The van der Waals surface area contributed by atoms with Gasteiger partial charge in [0.1, 0.15) is 0 Å². The van der Waals surface area contributed by atoms with Gasteiger partial charge in [0.15, 0.2) is 0 Å². The topological polar surface area (TPSA) is 96.7 Å². The number of carbonyl (C=O) groups excluding carboxylic acids is 1. The smallest absolute Gasteiger partial charge is 0.252 e. The van der Waals surface area contributed by atoms with Crippen LogP contribution in [0.4, 0.5) is 0 Å². The normalized spacial score (nSPS) is 12.0. The van der Waals surface area contributed by atoms with Crippen molar-refractivity contribution in [1.82, 2.24) is 20.5 Å². The van der Waals surface area contributed by atoms with Gasteiger partial charge in [-0.2, -0.15) is 5.10 Å². The number of benzene rings is 1. The van der Waals surface area contributed by atoms with Crippen molar-refractivity contribution in [2.45, 2.75) is 26.4 Å². The van der Waals surface area contributed by atoms with Crippen molar-refractivity contribution in [3.05, 3.63) is 82.5 Å². The van der Waals surface area contributed by atoms with E-state index in [1.807, 2.05) is 67.9 Å². The predicted molar refractivity (Wildman–Crippen MR) is 120 cm³/mol. The fourth-order valence-corrected chi connectivity index (χ4v) is 3.98. The summed E-state index contributed by atoms with van der Waals surface area (Å²) in [5, 5.41) is 12.0. The van der Waals surface area contributed by atoms with E-state index in [0.29, 0.717) is 12.1 Å². The molecule has 3 heterocycles. The van der Waals surface area contributed by atoms with Crippen LogP contribution in [0, 0.1) is 6.92 Å². The van der Waals surface area contributed by atoms with Gasteiger partial charge in [-0.15, -0.1) is 11.3 Å². The molecule has 6 nitrogen and oxygen atoms in total. The first kappa shape index (κ1) is 20.0. The Morgan fingerprint density at radius 2 is 2.07 bits per heavy atom. The number of nitrogens with zero attached hydrogens (tertiary/aromatic N) is 2. The number of amides is 1. The van der Waals surface area contributed by atoms with Crippen molar-refractivity contribution in [2.75, 3.05) is 0 Å². The molecule has 0 spiro atoms. The van der Waals surface area contributed by atoms with Gasteiger partial charge in [0.2, 0.25) is 0 Å². The van der Waals surface area contributed by atoms with Crippen molar-refractivity contribution in [3.63, 3.8) is 0 Å². The number of hydrogen-bond acceptors (Lipinski definition) is 5. The molecule has 1 amide bonds. The summed E-state index contributed by atoms with van der Waals surface area (Å²) in [5.74, 6) is -0.116. The molecule has 1 unspecified atom stereocenters. The van der Waals surface area contributed by atoms with Crippen LogP contribution in [0.3, 0.4) is 0 Å². The van der Waals surface area contributed by atoms with E-state index in [9.17, 15) is 4.79 Å². The van der Waals surface area contributed by atoms with Crippen LogP contribution in [0.2, 0.25) is 0 Å². The molecule has 0 aliphatic rings. The van der Waals surface area contributed by atoms with Gasteiger partial charge >= 0.3 is 0 Å². The first-order chi connectivity index (χ1) is 14.5. The molecule has 0 bridgehead atoms. The summed E-state index contributed by atoms with van der Waals surface area (Å²) >= 11 is 1.63. The largest absolute Gasteiger partial charge is 0.346 e. The zero-order valence-corrected chi connectivity index (χ0v) is 17.7. The fraction of sp³-hybridized carbons (Fsp3) is 0.174.